The van der Waals surface area contributed by atoms with Crippen molar-refractivity contribution in [2.75, 3.05) is 32.1 Å². The molecule has 1 aliphatic rings. The molecule has 0 saturated carbocycles. The first kappa shape index (κ1) is 15.3. The summed E-state index contributed by atoms with van der Waals surface area (Å²) in [6.07, 6.45) is 2.63. The van der Waals surface area contributed by atoms with E-state index in [9.17, 15) is 0 Å². The van der Waals surface area contributed by atoms with Gasteiger partial charge < -0.3 is 10.6 Å². The van der Waals surface area contributed by atoms with Crippen LogP contribution in [0.1, 0.15) is 38.3 Å². The van der Waals surface area contributed by atoms with Crippen LogP contribution in [0.5, 0.6) is 0 Å². The molecule has 0 aliphatic carbocycles. The minimum absolute atomic E-state index is 0.351. The van der Waals surface area contributed by atoms with Crippen LogP contribution in [0.3, 0.4) is 0 Å². The Morgan fingerprint density at radius 2 is 1.85 bits per heavy atom. The number of piperidine rings is 1. The van der Waals surface area contributed by atoms with Gasteiger partial charge in [-0.3, -0.25) is 4.90 Å². The molecule has 0 bridgehead atoms. The van der Waals surface area contributed by atoms with Gasteiger partial charge in [0.1, 0.15) is 0 Å². The van der Waals surface area contributed by atoms with Crippen molar-refractivity contribution in [1.82, 2.24) is 4.90 Å². The number of nitrogens with two attached hydrogens (primary N) is 1. The third-order valence-corrected chi connectivity index (χ3v) is 4.58. The van der Waals surface area contributed by atoms with Crippen molar-refractivity contribution in [3.63, 3.8) is 0 Å². The van der Waals surface area contributed by atoms with E-state index in [1.165, 1.54) is 30.6 Å². The average Bonchev–Trinajstić information content (AvgIpc) is 2.44. The topological polar surface area (TPSA) is 32.5 Å². The molecule has 3 unspecified atom stereocenters. The molecular formula is C17H29N3. The van der Waals surface area contributed by atoms with Gasteiger partial charge in [-0.2, -0.15) is 0 Å². The average molecular weight is 275 g/mol. The summed E-state index contributed by atoms with van der Waals surface area (Å²) in [6.45, 7) is 6.54. The highest BCUT2D eigenvalue weighted by Gasteiger charge is 2.29. The highest BCUT2D eigenvalue weighted by Crippen LogP contribution is 2.30. The molecule has 3 heteroatoms. The highest BCUT2D eigenvalue weighted by atomic mass is 15.2. The first-order chi connectivity index (χ1) is 9.52. The molecule has 3 atom stereocenters. The van der Waals surface area contributed by atoms with Crippen LogP contribution < -0.4 is 10.6 Å². The number of rotatable bonds is 4. The van der Waals surface area contributed by atoms with Crippen molar-refractivity contribution >= 4 is 5.69 Å². The van der Waals surface area contributed by atoms with Crippen LogP contribution in [0.2, 0.25) is 0 Å². The maximum Gasteiger partial charge on any atom is 0.0473 e. The van der Waals surface area contributed by atoms with E-state index in [0.717, 1.165) is 5.92 Å². The van der Waals surface area contributed by atoms with Crippen molar-refractivity contribution in [2.24, 2.45) is 11.7 Å². The third-order valence-electron chi connectivity index (χ3n) is 4.58. The fraction of sp³-hybridized carbons (Fsp3) is 0.647. The van der Waals surface area contributed by atoms with Gasteiger partial charge in [-0.25, -0.2) is 0 Å². The van der Waals surface area contributed by atoms with E-state index < -0.39 is 0 Å². The summed E-state index contributed by atoms with van der Waals surface area (Å²) in [6, 6.07) is 9.83. The predicted molar refractivity (Wildman–Crippen MR) is 87.1 cm³/mol. The lowest BCUT2D eigenvalue weighted by Crippen LogP contribution is -2.45. The lowest BCUT2D eigenvalue weighted by molar-refractivity contribution is 0.0798. The summed E-state index contributed by atoms with van der Waals surface area (Å²) in [7, 11) is 4.15. The molecule has 2 rings (SSSR count). The van der Waals surface area contributed by atoms with Crippen molar-refractivity contribution in [1.29, 1.82) is 0 Å². The Hall–Kier alpha value is -1.06. The molecule has 1 fully saturated rings. The number of benzene rings is 1. The van der Waals surface area contributed by atoms with Crippen LogP contribution >= 0.6 is 0 Å². The molecule has 0 amide bonds. The summed E-state index contributed by atoms with van der Waals surface area (Å²) in [5, 5.41) is 0. The Morgan fingerprint density at radius 1 is 1.20 bits per heavy atom. The standard InChI is InChI=1S/C17H29N3/c1-13-5-6-14(2)20(12-13)17(11-18)15-7-9-16(10-8-15)19(3)4/h7-10,13-14,17H,5-6,11-12,18H2,1-4H3. The molecular weight excluding hydrogens is 246 g/mol. The van der Waals surface area contributed by atoms with Crippen LogP contribution in [-0.4, -0.2) is 38.1 Å². The summed E-state index contributed by atoms with van der Waals surface area (Å²) >= 11 is 0. The second-order valence-electron chi connectivity index (χ2n) is 6.47. The Labute approximate surface area is 123 Å². The largest absolute Gasteiger partial charge is 0.378 e. The summed E-state index contributed by atoms with van der Waals surface area (Å²) < 4.78 is 0. The van der Waals surface area contributed by atoms with E-state index in [4.69, 9.17) is 5.73 Å². The van der Waals surface area contributed by atoms with Crippen LogP contribution in [0, 0.1) is 5.92 Å². The first-order valence-corrected chi connectivity index (χ1v) is 7.76. The maximum absolute atomic E-state index is 6.09. The van der Waals surface area contributed by atoms with Crippen molar-refractivity contribution < 1.29 is 0 Å². The SMILES string of the molecule is CC1CCC(C)N(C(CN)c2ccc(N(C)C)cc2)C1. The quantitative estimate of drug-likeness (QED) is 0.917. The van der Waals surface area contributed by atoms with E-state index in [1.807, 2.05) is 0 Å². The summed E-state index contributed by atoms with van der Waals surface area (Å²) in [5.41, 5.74) is 8.68. The molecule has 1 aliphatic heterocycles. The highest BCUT2D eigenvalue weighted by molar-refractivity contribution is 5.46. The van der Waals surface area contributed by atoms with Gasteiger partial charge in [0.25, 0.3) is 0 Å². The number of nitrogens with zero attached hydrogens (tertiary/aromatic N) is 2. The minimum atomic E-state index is 0.351. The monoisotopic (exact) mass is 275 g/mol. The number of anilines is 1. The van der Waals surface area contributed by atoms with E-state index in [-0.39, 0.29) is 0 Å². The zero-order chi connectivity index (χ0) is 14.7. The van der Waals surface area contributed by atoms with Gasteiger partial charge in [-0.15, -0.1) is 0 Å². The van der Waals surface area contributed by atoms with Crippen molar-refractivity contribution in [3.05, 3.63) is 29.8 Å². The van der Waals surface area contributed by atoms with Crippen LogP contribution in [0.15, 0.2) is 24.3 Å². The molecule has 112 valence electrons. The number of likely N-dealkylation sites (tertiary alicyclic amines) is 1. The van der Waals surface area contributed by atoms with Crippen LogP contribution in [0.4, 0.5) is 5.69 Å². The molecule has 3 nitrogen and oxygen atoms in total. The normalized spacial score (nSPS) is 25.4. The Bertz CT molecular complexity index is 413. The van der Waals surface area contributed by atoms with Gasteiger partial charge in [-0.1, -0.05) is 19.1 Å². The fourth-order valence-electron chi connectivity index (χ4n) is 3.21. The lowest BCUT2D eigenvalue weighted by atomic mass is 9.91. The van der Waals surface area contributed by atoms with Gasteiger partial charge in [0.15, 0.2) is 0 Å². The van der Waals surface area contributed by atoms with Crippen LogP contribution in [-0.2, 0) is 0 Å². The zero-order valence-corrected chi connectivity index (χ0v) is 13.3. The number of hydrogen-bond donors (Lipinski definition) is 1. The second-order valence-corrected chi connectivity index (χ2v) is 6.47. The van der Waals surface area contributed by atoms with Gasteiger partial charge >= 0.3 is 0 Å². The Kier molecular flexibility index (Phi) is 5.06. The van der Waals surface area contributed by atoms with Gasteiger partial charge in [0, 0.05) is 45.0 Å². The summed E-state index contributed by atoms with van der Waals surface area (Å²) in [5.74, 6) is 0.779. The molecule has 1 aromatic rings. The van der Waals surface area contributed by atoms with Crippen molar-refractivity contribution in [2.45, 2.75) is 38.8 Å². The molecule has 1 heterocycles. The van der Waals surface area contributed by atoms with E-state index >= 15 is 0 Å². The fourth-order valence-corrected chi connectivity index (χ4v) is 3.21. The van der Waals surface area contributed by atoms with E-state index in [2.05, 4.69) is 62.0 Å². The van der Waals surface area contributed by atoms with Crippen LogP contribution in [0.25, 0.3) is 0 Å². The lowest BCUT2D eigenvalue weighted by Gasteiger charge is -2.42. The summed E-state index contributed by atoms with van der Waals surface area (Å²) in [4.78, 5) is 4.73. The molecule has 1 saturated heterocycles. The first-order valence-electron chi connectivity index (χ1n) is 7.76. The van der Waals surface area contributed by atoms with E-state index in [1.54, 1.807) is 0 Å². The predicted octanol–water partition coefficient (Wildman–Crippen LogP) is 2.87. The minimum Gasteiger partial charge on any atom is -0.378 e. The Balaban J connectivity index is 2.18. The Morgan fingerprint density at radius 3 is 2.40 bits per heavy atom. The van der Waals surface area contributed by atoms with Gasteiger partial charge in [-0.05, 0) is 43.4 Å². The molecule has 20 heavy (non-hydrogen) atoms. The molecule has 0 aromatic heterocycles. The third kappa shape index (κ3) is 3.33. The zero-order valence-electron chi connectivity index (χ0n) is 13.3. The molecule has 1 aromatic carbocycles. The van der Waals surface area contributed by atoms with Crippen molar-refractivity contribution in [3.8, 4) is 0 Å². The molecule has 0 spiro atoms. The molecule has 2 N–H and O–H groups in total. The second kappa shape index (κ2) is 6.59. The maximum atomic E-state index is 6.09. The van der Waals surface area contributed by atoms with Gasteiger partial charge in [0.2, 0.25) is 0 Å². The van der Waals surface area contributed by atoms with E-state index in [0.29, 0.717) is 18.6 Å². The molecule has 0 radical (unpaired) electrons. The smallest absolute Gasteiger partial charge is 0.0473 e. The van der Waals surface area contributed by atoms with Gasteiger partial charge in [0.05, 0.1) is 0 Å². The number of hydrogen-bond acceptors (Lipinski definition) is 3.